The minimum absolute atomic E-state index is 0.234. The van der Waals surface area contributed by atoms with E-state index in [1.807, 2.05) is 0 Å². The summed E-state index contributed by atoms with van der Waals surface area (Å²) in [5.41, 5.74) is 0.730. The van der Waals surface area contributed by atoms with E-state index < -0.39 is 41.3 Å². The van der Waals surface area contributed by atoms with Crippen molar-refractivity contribution in [2.75, 3.05) is 18.5 Å². The maximum Gasteiger partial charge on any atom is 0.289 e. The zero-order chi connectivity index (χ0) is 19.6. The van der Waals surface area contributed by atoms with Crippen LogP contribution in [0.3, 0.4) is 0 Å². The average Bonchev–Trinajstić information content (AvgIpc) is 3.21. The first-order valence-electron chi connectivity index (χ1n) is 7.76. The lowest BCUT2D eigenvalue weighted by atomic mass is 10.1. The molecule has 2 aromatic rings. The summed E-state index contributed by atoms with van der Waals surface area (Å²) >= 11 is 0. The number of imidazole rings is 1. The van der Waals surface area contributed by atoms with Crippen LogP contribution in [0.4, 0.5) is 5.82 Å². The number of anilines is 1. The highest BCUT2D eigenvalue weighted by Crippen LogP contribution is 2.32. The molecule has 0 aromatic carbocycles. The fourth-order valence-corrected chi connectivity index (χ4v) is 3.03. The molecule has 0 spiro atoms. The van der Waals surface area contributed by atoms with Gasteiger partial charge < -0.3 is 20.3 Å². The Morgan fingerprint density at radius 3 is 2.89 bits per heavy atom. The van der Waals surface area contributed by atoms with Crippen molar-refractivity contribution in [2.45, 2.75) is 24.5 Å². The highest BCUT2D eigenvalue weighted by atomic mass is 32.2. The molecule has 3 rings (SSSR count). The SMILES string of the molecule is C#CCNc1ncnc2c1ncn2[C@@H]1O[C@H](COS(=O)(=O)C=C)[C@@H](O)[C@H]1O. The third-order valence-electron chi connectivity index (χ3n) is 3.93. The van der Waals surface area contributed by atoms with Gasteiger partial charge in [-0.25, -0.2) is 15.0 Å². The molecule has 11 nitrogen and oxygen atoms in total. The van der Waals surface area contributed by atoms with E-state index in [2.05, 4.69) is 37.0 Å². The average molecular weight is 395 g/mol. The van der Waals surface area contributed by atoms with Crippen molar-refractivity contribution in [3.8, 4) is 12.3 Å². The van der Waals surface area contributed by atoms with E-state index in [1.54, 1.807) is 0 Å². The van der Waals surface area contributed by atoms with Crippen LogP contribution >= 0.6 is 0 Å². The van der Waals surface area contributed by atoms with Gasteiger partial charge in [-0.1, -0.05) is 12.5 Å². The third kappa shape index (κ3) is 3.77. The van der Waals surface area contributed by atoms with E-state index in [9.17, 15) is 18.6 Å². The van der Waals surface area contributed by atoms with Crippen LogP contribution in [-0.2, 0) is 19.0 Å². The summed E-state index contributed by atoms with van der Waals surface area (Å²) in [5, 5.41) is 24.0. The van der Waals surface area contributed by atoms with Gasteiger partial charge in [0.2, 0.25) is 0 Å². The van der Waals surface area contributed by atoms with Crippen LogP contribution < -0.4 is 5.32 Å². The Morgan fingerprint density at radius 1 is 1.41 bits per heavy atom. The van der Waals surface area contributed by atoms with E-state index >= 15 is 0 Å². The van der Waals surface area contributed by atoms with Gasteiger partial charge in [0.05, 0.1) is 24.9 Å². The lowest BCUT2D eigenvalue weighted by Gasteiger charge is -2.16. The summed E-state index contributed by atoms with van der Waals surface area (Å²) < 4.78 is 34.4. The molecular weight excluding hydrogens is 378 g/mol. The van der Waals surface area contributed by atoms with Gasteiger partial charge >= 0.3 is 0 Å². The number of nitrogens with one attached hydrogen (secondary N) is 1. The zero-order valence-corrected chi connectivity index (χ0v) is 14.8. The summed E-state index contributed by atoms with van der Waals surface area (Å²) in [5.74, 6) is 2.82. The van der Waals surface area contributed by atoms with Gasteiger partial charge in [-0.2, -0.15) is 8.42 Å². The van der Waals surface area contributed by atoms with E-state index in [0.717, 1.165) is 0 Å². The van der Waals surface area contributed by atoms with E-state index in [1.165, 1.54) is 17.2 Å². The van der Waals surface area contributed by atoms with Crippen molar-refractivity contribution in [3.05, 3.63) is 24.6 Å². The first-order valence-corrected chi connectivity index (χ1v) is 9.23. The van der Waals surface area contributed by atoms with Gasteiger partial charge in [0.15, 0.2) is 23.2 Å². The molecule has 1 aliphatic rings. The van der Waals surface area contributed by atoms with Gasteiger partial charge in [0.1, 0.15) is 24.6 Å². The smallest absolute Gasteiger partial charge is 0.289 e. The first kappa shape index (κ1) is 19.2. The molecule has 1 aliphatic heterocycles. The first-order chi connectivity index (χ1) is 12.9. The Hall–Kier alpha value is -2.56. The Bertz CT molecular complexity index is 984. The molecule has 2 aromatic heterocycles. The number of fused-ring (bicyclic) bond motifs is 1. The van der Waals surface area contributed by atoms with Gasteiger partial charge in [0, 0.05) is 0 Å². The quantitative estimate of drug-likeness (QED) is 0.393. The number of terminal acetylenes is 1. The minimum Gasteiger partial charge on any atom is -0.387 e. The Morgan fingerprint density at radius 2 is 2.19 bits per heavy atom. The molecule has 144 valence electrons. The highest BCUT2D eigenvalue weighted by Gasteiger charge is 2.45. The fourth-order valence-electron chi connectivity index (χ4n) is 2.61. The molecule has 3 N–H and O–H groups in total. The lowest BCUT2D eigenvalue weighted by Crippen LogP contribution is -2.34. The number of rotatable bonds is 7. The number of hydrogen-bond acceptors (Lipinski definition) is 10. The van der Waals surface area contributed by atoms with E-state index in [4.69, 9.17) is 11.2 Å². The molecule has 0 radical (unpaired) electrons. The molecule has 0 amide bonds. The standard InChI is InChI=1S/C15H17N5O6S/c1-3-5-16-13-10-14(18-7-17-13)20(8-19-10)15-12(22)11(21)9(26-15)6-25-27(23,24)4-2/h1,4,7-9,11-12,15,21-22H,2,5-6H2,(H,16,17,18)/t9-,11-,12-,15-/m1/s1. The third-order valence-corrected chi connectivity index (χ3v) is 4.80. The van der Waals surface area contributed by atoms with Crippen LogP contribution in [0.2, 0.25) is 0 Å². The van der Waals surface area contributed by atoms with Gasteiger partial charge in [-0.15, -0.1) is 6.42 Å². The minimum atomic E-state index is -3.94. The largest absolute Gasteiger partial charge is 0.387 e. The summed E-state index contributed by atoms with van der Waals surface area (Å²) in [6, 6.07) is 0. The molecule has 1 saturated heterocycles. The molecule has 3 heterocycles. The second-order valence-corrected chi connectivity index (χ2v) is 7.15. The molecule has 4 atom stereocenters. The summed E-state index contributed by atoms with van der Waals surface area (Å²) in [6.07, 6.45) is 2.99. The summed E-state index contributed by atoms with van der Waals surface area (Å²) in [4.78, 5) is 12.4. The fraction of sp³-hybridized carbons (Fsp3) is 0.400. The van der Waals surface area contributed by atoms with Crippen LogP contribution in [-0.4, -0.2) is 69.6 Å². The topological polar surface area (TPSA) is 149 Å². The van der Waals surface area contributed by atoms with Crippen LogP contribution in [0.1, 0.15) is 6.23 Å². The molecular formula is C15H17N5O6S. The molecule has 0 bridgehead atoms. The van der Waals surface area contributed by atoms with Crippen LogP contribution in [0.15, 0.2) is 24.6 Å². The number of nitrogens with zero attached hydrogens (tertiary/aromatic N) is 4. The zero-order valence-electron chi connectivity index (χ0n) is 14.0. The number of hydrogen-bond donors (Lipinski definition) is 3. The summed E-state index contributed by atoms with van der Waals surface area (Å²) in [7, 11) is -3.94. The normalized spacial score (nSPS) is 25.4. The molecule has 0 saturated carbocycles. The van der Waals surface area contributed by atoms with Crippen LogP contribution in [0.5, 0.6) is 0 Å². The lowest BCUT2D eigenvalue weighted by molar-refractivity contribution is -0.0465. The van der Waals surface area contributed by atoms with E-state index in [-0.39, 0.29) is 6.54 Å². The maximum absolute atomic E-state index is 11.4. The monoisotopic (exact) mass is 395 g/mol. The molecule has 0 aliphatic carbocycles. The Balaban J connectivity index is 1.84. The Labute approximate surface area is 154 Å². The van der Waals surface area contributed by atoms with Gasteiger partial charge in [-0.3, -0.25) is 8.75 Å². The number of aliphatic hydroxyl groups excluding tert-OH is 2. The highest BCUT2D eigenvalue weighted by molar-refractivity contribution is 7.89. The second-order valence-electron chi connectivity index (χ2n) is 5.59. The van der Waals surface area contributed by atoms with Gasteiger partial charge in [-0.05, 0) is 0 Å². The summed E-state index contributed by atoms with van der Waals surface area (Å²) in [6.45, 7) is 2.87. The van der Waals surface area contributed by atoms with Crippen LogP contribution in [0, 0.1) is 12.3 Å². The van der Waals surface area contributed by atoms with Crippen molar-refractivity contribution in [1.29, 1.82) is 0 Å². The van der Waals surface area contributed by atoms with Crippen LogP contribution in [0.25, 0.3) is 11.2 Å². The predicted molar refractivity (Wildman–Crippen MR) is 93.6 cm³/mol. The number of aromatic nitrogens is 4. The second kappa shape index (κ2) is 7.59. The molecule has 27 heavy (non-hydrogen) atoms. The molecule has 1 fully saturated rings. The van der Waals surface area contributed by atoms with E-state index in [0.29, 0.717) is 22.4 Å². The number of ether oxygens (including phenoxy) is 1. The number of aliphatic hydroxyl groups is 2. The molecule has 12 heteroatoms. The van der Waals surface area contributed by atoms with Gasteiger partial charge in [0.25, 0.3) is 10.1 Å². The maximum atomic E-state index is 11.4. The van der Waals surface area contributed by atoms with Crippen molar-refractivity contribution in [3.63, 3.8) is 0 Å². The Kier molecular flexibility index (Phi) is 5.40. The predicted octanol–water partition coefficient (Wildman–Crippen LogP) is -1.02. The van der Waals surface area contributed by atoms with Crippen molar-refractivity contribution in [1.82, 2.24) is 19.5 Å². The molecule has 0 unspecified atom stereocenters. The van der Waals surface area contributed by atoms with Crippen molar-refractivity contribution in [2.24, 2.45) is 0 Å². The van der Waals surface area contributed by atoms with Crippen molar-refractivity contribution >= 4 is 27.1 Å². The van der Waals surface area contributed by atoms with Crippen molar-refractivity contribution < 1.29 is 27.6 Å².